The van der Waals surface area contributed by atoms with Gasteiger partial charge in [0.15, 0.2) is 5.16 Å². The van der Waals surface area contributed by atoms with E-state index in [4.69, 9.17) is 11.6 Å². The highest BCUT2D eigenvalue weighted by Crippen LogP contribution is 2.38. The molecule has 3 aromatic rings. The van der Waals surface area contributed by atoms with Gasteiger partial charge in [0.1, 0.15) is 4.83 Å². The van der Waals surface area contributed by atoms with Crippen molar-refractivity contribution in [2.45, 2.75) is 11.3 Å². The highest BCUT2D eigenvalue weighted by atomic mass is 35.5. The zero-order valence-electron chi connectivity index (χ0n) is 13.6. The van der Waals surface area contributed by atoms with E-state index in [0.29, 0.717) is 15.4 Å². The van der Waals surface area contributed by atoms with Gasteiger partial charge in [0.05, 0.1) is 27.4 Å². The number of anilines is 1. The van der Waals surface area contributed by atoms with Crippen molar-refractivity contribution in [1.82, 2.24) is 9.55 Å². The molecule has 3 rings (SSSR count). The quantitative estimate of drug-likeness (QED) is 0.489. The first-order valence-electron chi connectivity index (χ1n) is 7.41. The highest BCUT2D eigenvalue weighted by Gasteiger charge is 2.34. The number of benzene rings is 1. The van der Waals surface area contributed by atoms with Crippen molar-refractivity contribution in [3.63, 3.8) is 0 Å². The lowest BCUT2D eigenvalue weighted by Gasteiger charge is -2.15. The largest absolute Gasteiger partial charge is 0.418 e. The lowest BCUT2D eigenvalue weighted by Crippen LogP contribution is -2.21. The van der Waals surface area contributed by atoms with Gasteiger partial charge in [-0.05, 0) is 23.6 Å². The highest BCUT2D eigenvalue weighted by molar-refractivity contribution is 7.99. The molecule has 1 aromatic carbocycles. The Balaban J connectivity index is 1.79. The molecule has 0 aliphatic rings. The number of alkyl halides is 3. The number of thiophene rings is 1. The summed E-state index contributed by atoms with van der Waals surface area (Å²) in [6.45, 7) is 0. The molecule has 5 nitrogen and oxygen atoms in total. The van der Waals surface area contributed by atoms with Gasteiger partial charge in [-0.15, -0.1) is 11.3 Å². The molecule has 0 bridgehead atoms. The number of amides is 1. The van der Waals surface area contributed by atoms with Gasteiger partial charge in [-0.1, -0.05) is 29.4 Å². The van der Waals surface area contributed by atoms with Gasteiger partial charge in [0.25, 0.3) is 5.56 Å². The van der Waals surface area contributed by atoms with Gasteiger partial charge >= 0.3 is 6.18 Å². The second kappa shape index (κ2) is 7.53. The Morgan fingerprint density at radius 3 is 2.81 bits per heavy atom. The van der Waals surface area contributed by atoms with Crippen LogP contribution in [0.15, 0.2) is 39.6 Å². The van der Waals surface area contributed by atoms with Gasteiger partial charge in [-0.3, -0.25) is 14.2 Å². The first-order chi connectivity index (χ1) is 12.7. The molecule has 2 heterocycles. The van der Waals surface area contributed by atoms with Crippen LogP contribution >= 0.6 is 34.7 Å². The Kier molecular flexibility index (Phi) is 5.50. The second-order valence-electron chi connectivity index (χ2n) is 5.39. The van der Waals surface area contributed by atoms with Crippen LogP contribution in [0.5, 0.6) is 0 Å². The number of hydrogen-bond acceptors (Lipinski definition) is 5. The summed E-state index contributed by atoms with van der Waals surface area (Å²) in [5, 5.41) is 4.48. The van der Waals surface area contributed by atoms with Crippen molar-refractivity contribution in [3.8, 4) is 0 Å². The standard InChI is InChI=1S/C16H11ClF3N3O2S2/c1-23-14(25)8-5-6-26-13(8)22-15(23)27-7-11(24)21-12-9(16(18,19)20)3-2-4-10(12)17/h2-6H,7H2,1H3,(H,21,24). The van der Waals surface area contributed by atoms with Crippen molar-refractivity contribution in [2.24, 2.45) is 7.05 Å². The average Bonchev–Trinajstić information content (AvgIpc) is 3.06. The molecular weight excluding hydrogens is 423 g/mol. The molecule has 0 radical (unpaired) electrons. The van der Waals surface area contributed by atoms with E-state index in [2.05, 4.69) is 10.3 Å². The predicted molar refractivity (Wildman–Crippen MR) is 101 cm³/mol. The number of hydrogen-bond donors (Lipinski definition) is 1. The van der Waals surface area contributed by atoms with Crippen molar-refractivity contribution in [3.05, 3.63) is 50.6 Å². The molecule has 0 saturated carbocycles. The molecule has 0 atom stereocenters. The Bertz CT molecular complexity index is 1080. The number of rotatable bonds is 4. The minimum absolute atomic E-state index is 0.214. The summed E-state index contributed by atoms with van der Waals surface area (Å²) in [6.07, 6.45) is -4.66. The summed E-state index contributed by atoms with van der Waals surface area (Å²) < 4.78 is 40.5. The Labute approximate surface area is 164 Å². The molecule has 0 fully saturated rings. The predicted octanol–water partition coefficient (Wildman–Crippen LogP) is 4.40. The topological polar surface area (TPSA) is 64.0 Å². The lowest BCUT2D eigenvalue weighted by molar-refractivity contribution is -0.137. The van der Waals surface area contributed by atoms with Crippen LogP contribution < -0.4 is 10.9 Å². The first-order valence-corrected chi connectivity index (χ1v) is 9.65. The molecule has 2 aromatic heterocycles. The molecular formula is C16H11ClF3N3O2S2. The zero-order chi connectivity index (χ0) is 19.8. The van der Waals surface area contributed by atoms with Gasteiger partial charge < -0.3 is 5.32 Å². The van der Waals surface area contributed by atoms with Crippen LogP contribution in [-0.2, 0) is 18.0 Å². The molecule has 0 aliphatic carbocycles. The number of nitrogens with one attached hydrogen (secondary N) is 1. The average molecular weight is 434 g/mol. The van der Waals surface area contributed by atoms with Crippen LogP contribution in [0.1, 0.15) is 5.56 Å². The summed E-state index contributed by atoms with van der Waals surface area (Å²) in [5.74, 6) is -0.932. The fraction of sp³-hybridized carbons (Fsp3) is 0.188. The maximum absolute atomic E-state index is 13.1. The normalized spacial score (nSPS) is 11.7. The van der Waals surface area contributed by atoms with Gasteiger partial charge in [0, 0.05) is 7.05 Å². The fourth-order valence-corrected chi connectivity index (χ4v) is 4.10. The summed E-state index contributed by atoms with van der Waals surface area (Å²) in [4.78, 5) is 29.2. The van der Waals surface area contributed by atoms with E-state index < -0.39 is 23.3 Å². The number of carbonyl (C=O) groups excluding carboxylic acids is 1. The molecule has 0 unspecified atom stereocenters. The van der Waals surface area contributed by atoms with Crippen LogP contribution in [0.25, 0.3) is 10.2 Å². The zero-order valence-corrected chi connectivity index (χ0v) is 16.0. The van der Waals surface area contributed by atoms with Crippen molar-refractivity contribution in [2.75, 3.05) is 11.1 Å². The molecule has 27 heavy (non-hydrogen) atoms. The summed E-state index contributed by atoms with van der Waals surface area (Å²) in [7, 11) is 1.52. The van der Waals surface area contributed by atoms with E-state index >= 15 is 0 Å². The molecule has 0 aliphatic heterocycles. The van der Waals surface area contributed by atoms with Crippen molar-refractivity contribution < 1.29 is 18.0 Å². The number of halogens is 4. The molecule has 11 heteroatoms. The van der Waals surface area contributed by atoms with Gasteiger partial charge in [-0.25, -0.2) is 4.98 Å². The van der Waals surface area contributed by atoms with Crippen LogP contribution in [0, 0.1) is 0 Å². The molecule has 0 saturated heterocycles. The fourth-order valence-electron chi connectivity index (χ4n) is 2.30. The van der Waals surface area contributed by atoms with Crippen LogP contribution in [0.4, 0.5) is 18.9 Å². The summed E-state index contributed by atoms with van der Waals surface area (Å²) in [5.41, 5.74) is -1.78. The second-order valence-corrected chi connectivity index (χ2v) is 7.64. The van der Waals surface area contributed by atoms with E-state index in [-0.39, 0.29) is 16.3 Å². The van der Waals surface area contributed by atoms with Crippen LogP contribution in [0.3, 0.4) is 0 Å². The van der Waals surface area contributed by atoms with Crippen molar-refractivity contribution in [1.29, 1.82) is 0 Å². The van der Waals surface area contributed by atoms with E-state index in [0.717, 1.165) is 23.9 Å². The van der Waals surface area contributed by atoms with E-state index in [1.165, 1.54) is 29.0 Å². The Hall–Kier alpha value is -2.04. The first kappa shape index (κ1) is 19.7. The monoisotopic (exact) mass is 433 g/mol. The maximum atomic E-state index is 13.1. The van der Waals surface area contributed by atoms with E-state index in [9.17, 15) is 22.8 Å². The Morgan fingerprint density at radius 2 is 2.11 bits per heavy atom. The van der Waals surface area contributed by atoms with Gasteiger partial charge in [-0.2, -0.15) is 13.2 Å². The van der Waals surface area contributed by atoms with Crippen molar-refractivity contribution >= 4 is 56.5 Å². The minimum atomic E-state index is -4.66. The third-order valence-electron chi connectivity index (χ3n) is 3.58. The minimum Gasteiger partial charge on any atom is -0.324 e. The number of thioether (sulfide) groups is 1. The summed E-state index contributed by atoms with van der Waals surface area (Å²) in [6, 6.07) is 4.91. The van der Waals surface area contributed by atoms with E-state index in [1.807, 2.05) is 0 Å². The number of para-hydroxylation sites is 1. The molecule has 1 N–H and O–H groups in total. The molecule has 142 valence electrons. The Morgan fingerprint density at radius 1 is 1.37 bits per heavy atom. The lowest BCUT2D eigenvalue weighted by atomic mass is 10.1. The number of aromatic nitrogens is 2. The molecule has 1 amide bonds. The van der Waals surface area contributed by atoms with Crippen LogP contribution in [0.2, 0.25) is 5.02 Å². The third kappa shape index (κ3) is 4.12. The summed E-state index contributed by atoms with van der Waals surface area (Å²) >= 11 is 8.05. The maximum Gasteiger partial charge on any atom is 0.418 e. The molecule has 0 spiro atoms. The number of fused-ring (bicyclic) bond motifs is 1. The van der Waals surface area contributed by atoms with E-state index in [1.54, 1.807) is 11.4 Å². The van der Waals surface area contributed by atoms with Crippen LogP contribution in [-0.4, -0.2) is 21.2 Å². The smallest absolute Gasteiger partial charge is 0.324 e. The van der Waals surface area contributed by atoms with Gasteiger partial charge in [0.2, 0.25) is 5.91 Å². The number of carbonyl (C=O) groups is 1. The third-order valence-corrected chi connectivity index (χ3v) is 5.73. The SMILES string of the molecule is Cn1c(SCC(=O)Nc2c(Cl)cccc2C(F)(F)F)nc2sccc2c1=O. The number of nitrogens with zero attached hydrogens (tertiary/aromatic N) is 2.